The van der Waals surface area contributed by atoms with Gasteiger partial charge in [-0.15, -0.1) is 0 Å². The van der Waals surface area contributed by atoms with Crippen LogP contribution in [0.25, 0.3) is 10.9 Å². The van der Waals surface area contributed by atoms with Crippen LogP contribution >= 0.6 is 0 Å². The lowest BCUT2D eigenvalue weighted by Crippen LogP contribution is -2.19. The molecule has 1 saturated heterocycles. The number of hydrogen-bond acceptors (Lipinski definition) is 5. The van der Waals surface area contributed by atoms with Crippen LogP contribution in [0.3, 0.4) is 0 Å². The summed E-state index contributed by atoms with van der Waals surface area (Å²) >= 11 is 0. The van der Waals surface area contributed by atoms with Gasteiger partial charge < -0.3 is 15.4 Å². The van der Waals surface area contributed by atoms with Crippen LogP contribution in [0.4, 0.5) is 21.8 Å². The summed E-state index contributed by atoms with van der Waals surface area (Å²) in [5.41, 5.74) is 1.58. The van der Waals surface area contributed by atoms with Crippen LogP contribution in [0.15, 0.2) is 48.5 Å². The average molecular weight is 338 g/mol. The van der Waals surface area contributed by atoms with Gasteiger partial charge in [-0.1, -0.05) is 12.1 Å². The first kappa shape index (κ1) is 15.8. The maximum absolute atomic E-state index is 13.1. The largest absolute Gasteiger partial charge is 0.376 e. The zero-order chi connectivity index (χ0) is 17.1. The highest BCUT2D eigenvalue weighted by Crippen LogP contribution is 2.24. The maximum atomic E-state index is 13.1. The maximum Gasteiger partial charge on any atom is 0.229 e. The molecule has 6 heteroatoms. The van der Waals surface area contributed by atoms with Crippen molar-refractivity contribution in [2.24, 2.45) is 0 Å². The Labute approximate surface area is 145 Å². The number of ether oxygens (including phenoxy) is 1. The zero-order valence-electron chi connectivity index (χ0n) is 13.7. The van der Waals surface area contributed by atoms with E-state index in [1.54, 1.807) is 12.1 Å². The molecule has 1 aliphatic heterocycles. The van der Waals surface area contributed by atoms with Crippen LogP contribution in [-0.2, 0) is 4.74 Å². The molecule has 2 N–H and O–H groups in total. The molecule has 1 fully saturated rings. The molecule has 0 saturated carbocycles. The van der Waals surface area contributed by atoms with E-state index < -0.39 is 0 Å². The highest BCUT2D eigenvalue weighted by molar-refractivity contribution is 5.90. The molecule has 0 spiro atoms. The minimum atomic E-state index is -0.274. The van der Waals surface area contributed by atoms with E-state index in [0.717, 1.165) is 48.4 Å². The van der Waals surface area contributed by atoms with Crippen LogP contribution in [0.2, 0.25) is 0 Å². The van der Waals surface area contributed by atoms with Gasteiger partial charge in [0.2, 0.25) is 5.95 Å². The number of nitrogens with zero attached hydrogens (tertiary/aromatic N) is 2. The molecular formula is C19H19FN4O. The number of aromatic nitrogens is 2. The molecule has 0 bridgehead atoms. The van der Waals surface area contributed by atoms with Gasteiger partial charge in [0.25, 0.3) is 0 Å². The Morgan fingerprint density at radius 3 is 2.72 bits per heavy atom. The predicted octanol–water partition coefficient (Wildman–Crippen LogP) is 4.10. The van der Waals surface area contributed by atoms with E-state index in [-0.39, 0.29) is 11.9 Å². The topological polar surface area (TPSA) is 59.1 Å². The summed E-state index contributed by atoms with van der Waals surface area (Å²) in [4.78, 5) is 9.14. The Kier molecular flexibility index (Phi) is 4.43. The van der Waals surface area contributed by atoms with Crippen molar-refractivity contribution >= 4 is 28.4 Å². The summed E-state index contributed by atoms with van der Waals surface area (Å²) in [7, 11) is 0. The monoisotopic (exact) mass is 338 g/mol. The molecule has 128 valence electrons. The Hall–Kier alpha value is -2.73. The summed E-state index contributed by atoms with van der Waals surface area (Å²) in [6.45, 7) is 1.55. The molecule has 1 aliphatic rings. The number of para-hydroxylation sites is 1. The average Bonchev–Trinajstić information content (AvgIpc) is 3.15. The van der Waals surface area contributed by atoms with Crippen molar-refractivity contribution in [2.45, 2.75) is 18.9 Å². The minimum absolute atomic E-state index is 0.224. The highest BCUT2D eigenvalue weighted by atomic mass is 19.1. The number of nitrogens with one attached hydrogen (secondary N) is 2. The third-order valence-electron chi connectivity index (χ3n) is 4.22. The van der Waals surface area contributed by atoms with Gasteiger partial charge in [-0.3, -0.25) is 0 Å². The quantitative estimate of drug-likeness (QED) is 0.733. The first-order chi connectivity index (χ1) is 12.3. The van der Waals surface area contributed by atoms with Crippen molar-refractivity contribution in [1.82, 2.24) is 9.97 Å². The molecule has 5 nitrogen and oxygen atoms in total. The van der Waals surface area contributed by atoms with Crippen LogP contribution in [0, 0.1) is 5.82 Å². The third kappa shape index (κ3) is 3.69. The van der Waals surface area contributed by atoms with E-state index in [0.29, 0.717) is 5.95 Å². The van der Waals surface area contributed by atoms with Gasteiger partial charge in [0.15, 0.2) is 0 Å². The highest BCUT2D eigenvalue weighted by Gasteiger charge is 2.16. The molecular weight excluding hydrogens is 319 g/mol. The van der Waals surface area contributed by atoms with Crippen molar-refractivity contribution in [3.05, 3.63) is 54.3 Å². The minimum Gasteiger partial charge on any atom is -0.376 e. The lowest BCUT2D eigenvalue weighted by Gasteiger charge is -2.14. The normalized spacial score (nSPS) is 16.9. The lowest BCUT2D eigenvalue weighted by molar-refractivity contribution is 0.120. The molecule has 4 rings (SSSR count). The fourth-order valence-electron chi connectivity index (χ4n) is 2.95. The van der Waals surface area contributed by atoms with Gasteiger partial charge >= 0.3 is 0 Å². The molecule has 0 radical (unpaired) electrons. The summed E-state index contributed by atoms with van der Waals surface area (Å²) in [5, 5.41) is 7.48. The Morgan fingerprint density at radius 2 is 1.92 bits per heavy atom. The standard InChI is InChI=1S/C19H19FN4O/c20-13-7-9-14(10-8-13)22-19-23-17-6-2-1-5-16(17)18(24-19)21-12-15-4-3-11-25-15/h1-2,5-10,15H,3-4,11-12H2,(H2,21,22,23,24)/t15-/m0/s1. The second kappa shape index (κ2) is 7.03. The molecule has 1 atom stereocenters. The van der Waals surface area contributed by atoms with Crippen LogP contribution < -0.4 is 10.6 Å². The fraction of sp³-hybridized carbons (Fsp3) is 0.263. The summed E-state index contributed by atoms with van der Waals surface area (Å²) in [6.07, 6.45) is 2.40. The van der Waals surface area contributed by atoms with Crippen molar-refractivity contribution in [3.63, 3.8) is 0 Å². The van der Waals surface area contributed by atoms with E-state index in [4.69, 9.17) is 4.74 Å². The molecule has 0 aliphatic carbocycles. The Morgan fingerprint density at radius 1 is 1.08 bits per heavy atom. The first-order valence-corrected chi connectivity index (χ1v) is 8.43. The number of anilines is 3. The van der Waals surface area contributed by atoms with Crippen LogP contribution in [0.5, 0.6) is 0 Å². The van der Waals surface area contributed by atoms with Gasteiger partial charge in [0, 0.05) is 24.2 Å². The molecule has 3 aromatic rings. The Balaban J connectivity index is 1.61. The summed E-state index contributed by atoms with van der Waals surface area (Å²) < 4.78 is 18.7. The fourth-order valence-corrected chi connectivity index (χ4v) is 2.95. The van der Waals surface area contributed by atoms with E-state index in [2.05, 4.69) is 20.6 Å². The number of hydrogen-bond donors (Lipinski definition) is 2. The van der Waals surface area contributed by atoms with Gasteiger partial charge in [-0.05, 0) is 49.2 Å². The van der Waals surface area contributed by atoms with Gasteiger partial charge in [0.1, 0.15) is 11.6 Å². The van der Waals surface area contributed by atoms with E-state index in [9.17, 15) is 4.39 Å². The van der Waals surface area contributed by atoms with Crippen LogP contribution in [-0.4, -0.2) is 29.2 Å². The summed E-state index contributed by atoms with van der Waals surface area (Å²) in [6, 6.07) is 14.0. The zero-order valence-corrected chi connectivity index (χ0v) is 13.7. The van der Waals surface area contributed by atoms with Gasteiger partial charge in [-0.2, -0.15) is 4.98 Å². The third-order valence-corrected chi connectivity index (χ3v) is 4.22. The number of benzene rings is 2. The molecule has 2 heterocycles. The van der Waals surface area contributed by atoms with E-state index >= 15 is 0 Å². The number of fused-ring (bicyclic) bond motifs is 1. The van der Waals surface area contributed by atoms with Crippen LogP contribution in [0.1, 0.15) is 12.8 Å². The smallest absolute Gasteiger partial charge is 0.229 e. The molecule has 0 amide bonds. The second-order valence-corrected chi connectivity index (χ2v) is 6.06. The SMILES string of the molecule is Fc1ccc(Nc2nc(NC[C@@H]3CCCO3)c3ccccc3n2)cc1. The molecule has 2 aromatic carbocycles. The van der Waals surface area contributed by atoms with Crippen molar-refractivity contribution in [1.29, 1.82) is 0 Å². The van der Waals surface area contributed by atoms with Gasteiger partial charge in [-0.25, -0.2) is 9.37 Å². The molecule has 0 unspecified atom stereocenters. The summed E-state index contributed by atoms with van der Waals surface area (Å²) in [5.74, 6) is 0.967. The molecule has 1 aromatic heterocycles. The van der Waals surface area contributed by atoms with Crippen molar-refractivity contribution < 1.29 is 9.13 Å². The van der Waals surface area contributed by atoms with Crippen molar-refractivity contribution in [3.8, 4) is 0 Å². The number of halogens is 1. The predicted molar refractivity (Wildman–Crippen MR) is 96.7 cm³/mol. The van der Waals surface area contributed by atoms with E-state index in [1.807, 2.05) is 24.3 Å². The lowest BCUT2D eigenvalue weighted by atomic mass is 10.2. The van der Waals surface area contributed by atoms with E-state index in [1.165, 1.54) is 12.1 Å². The number of rotatable bonds is 5. The van der Waals surface area contributed by atoms with Crippen molar-refractivity contribution in [2.75, 3.05) is 23.8 Å². The first-order valence-electron chi connectivity index (χ1n) is 8.43. The van der Waals surface area contributed by atoms with Gasteiger partial charge in [0.05, 0.1) is 11.6 Å². The Bertz CT molecular complexity index is 863. The second-order valence-electron chi connectivity index (χ2n) is 6.06. The molecule has 25 heavy (non-hydrogen) atoms.